The Morgan fingerprint density at radius 2 is 0.571 bits per heavy atom. The molecule has 56 heavy (non-hydrogen) atoms. The highest BCUT2D eigenvalue weighted by Gasteiger charge is 2.19. The molecule has 260 valence electrons. The molecule has 4 N–H and O–H groups in total. The zero-order chi connectivity index (χ0) is 38.2. The first-order chi connectivity index (χ1) is 27.5. The first kappa shape index (κ1) is 33.3. The smallest absolute Gasteiger partial charge is 0.113 e. The lowest BCUT2D eigenvalue weighted by Crippen LogP contribution is -2.19. The molecule has 8 heteroatoms. The van der Waals surface area contributed by atoms with E-state index in [1.165, 1.54) is 0 Å². The number of rotatable bonds is 4. The minimum absolute atomic E-state index is 0.519. The second-order valence-electron chi connectivity index (χ2n) is 12.9. The van der Waals surface area contributed by atoms with E-state index < -0.39 is 0 Å². The maximum atomic E-state index is 5.84. The average molecular weight is 717 g/mol. The third kappa shape index (κ3) is 5.89. The maximum absolute atomic E-state index is 5.84. The minimum Gasteiger partial charge on any atom is -0.354 e. The second kappa shape index (κ2) is 13.8. The first-order valence-electron chi connectivity index (χ1n) is 17.5. The number of hydrogen-bond acceptors (Lipinski definition) is 4. The molecule has 8 bridgehead atoms. The average Bonchev–Trinajstić information content (AvgIpc) is 4.09. The van der Waals surface area contributed by atoms with Gasteiger partial charge in [0.15, 0.2) is 0 Å². The summed E-state index contributed by atoms with van der Waals surface area (Å²) >= 11 is 0. The van der Waals surface area contributed by atoms with Gasteiger partial charge in [-0.05, 0) is 119 Å². The van der Waals surface area contributed by atoms with E-state index >= 15 is 0 Å². The van der Waals surface area contributed by atoms with Crippen LogP contribution in [0.3, 0.4) is 0 Å². The number of terminal acetylenes is 4. The van der Waals surface area contributed by atoms with Gasteiger partial charge in [-0.1, -0.05) is 23.7 Å². The molecular formula is C48H28N8. The summed E-state index contributed by atoms with van der Waals surface area (Å²) in [6, 6.07) is 31.9. The molecule has 1 aliphatic rings. The van der Waals surface area contributed by atoms with Gasteiger partial charge in [-0.3, -0.25) is 0 Å². The van der Waals surface area contributed by atoms with Crippen molar-refractivity contribution >= 4 is 22.3 Å². The molecule has 9 rings (SSSR count). The van der Waals surface area contributed by atoms with Crippen LogP contribution in [0, 0.1) is 49.4 Å². The molecule has 0 saturated carbocycles. The zero-order valence-electron chi connectivity index (χ0n) is 29.6. The van der Waals surface area contributed by atoms with Gasteiger partial charge in [0.25, 0.3) is 0 Å². The highest BCUT2D eigenvalue weighted by atomic mass is 14.8. The Bertz CT molecular complexity index is 2880. The summed E-state index contributed by atoms with van der Waals surface area (Å²) in [6.45, 7) is 0. The highest BCUT2D eigenvalue weighted by Crippen LogP contribution is 2.28. The van der Waals surface area contributed by atoms with Crippen molar-refractivity contribution in [2.24, 2.45) is 0 Å². The van der Waals surface area contributed by atoms with Gasteiger partial charge >= 0.3 is 0 Å². The Morgan fingerprint density at radius 1 is 0.321 bits per heavy atom. The van der Waals surface area contributed by atoms with E-state index in [0.717, 1.165) is 88.7 Å². The van der Waals surface area contributed by atoms with E-state index in [1.54, 1.807) is 24.8 Å². The zero-order valence-corrected chi connectivity index (χ0v) is 29.6. The van der Waals surface area contributed by atoms with Gasteiger partial charge in [0.2, 0.25) is 0 Å². The van der Waals surface area contributed by atoms with E-state index in [-0.39, 0.29) is 0 Å². The number of aromatic nitrogens is 8. The van der Waals surface area contributed by atoms with Crippen LogP contribution >= 0.6 is 0 Å². The number of aromatic amines is 4. The topological polar surface area (TPSA) is 115 Å². The van der Waals surface area contributed by atoms with E-state index in [9.17, 15) is 0 Å². The number of nitrogens with one attached hydrogen (secondary N) is 4. The van der Waals surface area contributed by atoms with Crippen LogP contribution in [0.15, 0.2) is 122 Å². The molecule has 0 amide bonds. The van der Waals surface area contributed by atoms with Crippen LogP contribution in [-0.4, -0.2) is 39.9 Å². The molecule has 8 nitrogen and oxygen atoms in total. The molecule has 0 atom stereocenters. The molecule has 0 radical (unpaired) electrons. The Labute approximate surface area is 321 Å². The number of hydrogen-bond donors (Lipinski definition) is 4. The van der Waals surface area contributed by atoms with Crippen LogP contribution in [0.1, 0.15) is 67.8 Å². The first-order valence-corrected chi connectivity index (χ1v) is 17.5. The largest absolute Gasteiger partial charge is 0.354 e. The van der Waals surface area contributed by atoms with Crippen molar-refractivity contribution in [2.45, 2.75) is 0 Å². The second-order valence-corrected chi connectivity index (χ2v) is 12.9. The fraction of sp³-hybridized carbons (Fsp3) is 0. The van der Waals surface area contributed by atoms with Crippen LogP contribution in [0.4, 0.5) is 0 Å². The SMILES string of the molecule is C#Cc1cc(C2=c3ccc([nH]3)=C(c3ccnc(C#C)c3)c3ccc([nH]3)C(c3ccnc(C#C)c3)=c3ccc([nH]3)=C(c3ccnc(C#C)c3)c3ccc2[nH]3)ccn1. The summed E-state index contributed by atoms with van der Waals surface area (Å²) in [5.74, 6) is 10.7. The summed E-state index contributed by atoms with van der Waals surface area (Å²) in [6.07, 6.45) is 30.3. The Morgan fingerprint density at radius 3 is 0.804 bits per heavy atom. The predicted octanol–water partition coefficient (Wildman–Crippen LogP) is 3.81. The van der Waals surface area contributed by atoms with Gasteiger partial charge in [0.1, 0.15) is 22.8 Å². The third-order valence-electron chi connectivity index (χ3n) is 9.68. The van der Waals surface area contributed by atoms with Crippen LogP contribution < -0.4 is 21.4 Å². The van der Waals surface area contributed by atoms with E-state index in [2.05, 4.69) is 112 Å². The lowest BCUT2D eigenvalue weighted by molar-refractivity contribution is 1.18. The van der Waals surface area contributed by atoms with Gasteiger partial charge in [0, 0.05) is 91.3 Å². The Kier molecular flexibility index (Phi) is 8.19. The molecule has 0 saturated heterocycles. The molecule has 0 unspecified atom stereocenters. The normalized spacial score (nSPS) is 12.1. The van der Waals surface area contributed by atoms with Crippen molar-refractivity contribution in [1.29, 1.82) is 0 Å². The molecule has 0 aromatic carbocycles. The molecule has 0 spiro atoms. The Balaban J connectivity index is 1.45. The third-order valence-corrected chi connectivity index (χ3v) is 9.68. The summed E-state index contributed by atoms with van der Waals surface area (Å²) < 4.78 is 0. The summed E-state index contributed by atoms with van der Waals surface area (Å²) in [5, 5.41) is 3.38. The number of H-pyrrole nitrogens is 4. The van der Waals surface area contributed by atoms with E-state index in [4.69, 9.17) is 25.7 Å². The van der Waals surface area contributed by atoms with Gasteiger partial charge in [0.05, 0.1) is 0 Å². The lowest BCUT2D eigenvalue weighted by Gasteiger charge is -2.10. The standard InChI is InChI=1S/C48H28N8/c1-5-33-25-29(17-21-49-33)45-37-9-11-39(53-37)46(30-18-22-50-34(6-2)26-30)41-13-15-43(55-41)48(32-20-24-52-36(8-4)28-32)44-16-14-42(56-44)47(40-12-10-38(45)54-40)31-19-23-51-35(7-3)27-31/h1-4,9-28,53-56H. The summed E-state index contributed by atoms with van der Waals surface area (Å²) in [5.41, 5.74) is 12.5. The summed E-state index contributed by atoms with van der Waals surface area (Å²) in [7, 11) is 0. The van der Waals surface area contributed by atoms with Crippen LogP contribution in [0.2, 0.25) is 0 Å². The summed E-state index contributed by atoms with van der Waals surface area (Å²) in [4.78, 5) is 32.5. The predicted molar refractivity (Wildman–Crippen MR) is 217 cm³/mol. The maximum Gasteiger partial charge on any atom is 0.113 e. The molecule has 8 aromatic heterocycles. The van der Waals surface area contributed by atoms with Gasteiger partial charge in [-0.2, -0.15) is 0 Å². The van der Waals surface area contributed by atoms with Gasteiger partial charge in [-0.15, -0.1) is 25.7 Å². The highest BCUT2D eigenvalue weighted by molar-refractivity contribution is 5.85. The number of pyridine rings is 4. The molecular weight excluding hydrogens is 689 g/mol. The molecule has 8 aromatic rings. The fourth-order valence-corrected chi connectivity index (χ4v) is 7.23. The fourth-order valence-electron chi connectivity index (χ4n) is 7.23. The number of nitrogens with zero attached hydrogens (tertiary/aromatic N) is 4. The van der Waals surface area contributed by atoms with Crippen molar-refractivity contribution < 1.29 is 0 Å². The van der Waals surface area contributed by atoms with Crippen molar-refractivity contribution in [3.05, 3.63) is 211 Å². The Hall–Kier alpha value is -8.56. The van der Waals surface area contributed by atoms with Crippen molar-refractivity contribution in [3.63, 3.8) is 0 Å². The molecule has 0 aliphatic carbocycles. The van der Waals surface area contributed by atoms with Crippen LogP contribution in [0.25, 0.3) is 22.3 Å². The van der Waals surface area contributed by atoms with E-state index in [0.29, 0.717) is 22.8 Å². The molecule has 1 aliphatic heterocycles. The van der Waals surface area contributed by atoms with Crippen molar-refractivity contribution in [1.82, 2.24) is 39.9 Å². The monoisotopic (exact) mass is 716 g/mol. The van der Waals surface area contributed by atoms with Crippen molar-refractivity contribution in [3.8, 4) is 49.4 Å². The minimum atomic E-state index is 0.519. The quantitative estimate of drug-likeness (QED) is 0.208. The molecule has 9 heterocycles. The van der Waals surface area contributed by atoms with Crippen molar-refractivity contribution in [2.75, 3.05) is 0 Å². The number of fused-ring (bicyclic) bond motifs is 8. The molecule has 0 fully saturated rings. The van der Waals surface area contributed by atoms with Crippen LogP contribution in [0.5, 0.6) is 0 Å². The van der Waals surface area contributed by atoms with Crippen LogP contribution in [-0.2, 0) is 0 Å². The van der Waals surface area contributed by atoms with Gasteiger partial charge in [-0.25, -0.2) is 19.9 Å². The van der Waals surface area contributed by atoms with E-state index in [1.807, 2.05) is 48.5 Å². The lowest BCUT2D eigenvalue weighted by atomic mass is 10.0. The van der Waals surface area contributed by atoms with Gasteiger partial charge < -0.3 is 19.9 Å².